The van der Waals surface area contributed by atoms with E-state index >= 15 is 0 Å². The number of nitrogens with one attached hydrogen (secondary N) is 1. The van der Waals surface area contributed by atoms with Crippen LogP contribution in [0.25, 0.3) is 11.1 Å². The van der Waals surface area contributed by atoms with Crippen LogP contribution in [0, 0.1) is 0 Å². The van der Waals surface area contributed by atoms with Gasteiger partial charge in [-0.3, -0.25) is 23.7 Å². The van der Waals surface area contributed by atoms with Crippen LogP contribution in [0.5, 0.6) is 11.5 Å². The minimum atomic E-state index is -3.67. The first kappa shape index (κ1) is 39.1. The lowest BCUT2D eigenvalue weighted by molar-refractivity contribution is 0.0698. The van der Waals surface area contributed by atoms with Crippen molar-refractivity contribution in [2.24, 2.45) is 0 Å². The molecule has 0 saturated carbocycles. The number of hydrogen-bond donors (Lipinski definition) is 6. The van der Waals surface area contributed by atoms with Crippen LogP contribution < -0.4 is 10.1 Å². The van der Waals surface area contributed by atoms with Gasteiger partial charge in [-0.2, -0.15) is 16.8 Å². The van der Waals surface area contributed by atoms with Crippen LogP contribution in [0.1, 0.15) is 20.7 Å². The Morgan fingerprint density at radius 2 is 1.34 bits per heavy atom. The van der Waals surface area contributed by atoms with E-state index in [9.17, 15) is 36.6 Å². The summed E-state index contributed by atoms with van der Waals surface area (Å²) >= 11 is 0. The number of benzene rings is 3. The number of phenolic OH excluding ortho intramolecular Hbond substituents is 1. The van der Waals surface area contributed by atoms with E-state index in [-0.39, 0.29) is 29.2 Å². The number of phenols is 1. The number of carboxylic acid groups (broad SMARTS) is 1. The zero-order valence-corrected chi connectivity index (χ0v) is 27.4. The van der Waals surface area contributed by atoms with Gasteiger partial charge in [-0.05, 0) is 41.5 Å². The number of carbonyl (C=O) groups excluding carboxylic acids is 1. The first-order chi connectivity index (χ1) is 21.9. The van der Waals surface area contributed by atoms with Crippen molar-refractivity contribution in [2.75, 3.05) is 70.3 Å². The monoisotopic (exact) mass is 697 g/mol. The molecule has 0 atom stereocenters. The highest BCUT2D eigenvalue weighted by Crippen LogP contribution is 2.28. The quantitative estimate of drug-likeness (QED) is 0.167. The first-order valence-electron chi connectivity index (χ1n) is 14.0. The van der Waals surface area contributed by atoms with Gasteiger partial charge in [-0.15, -0.1) is 0 Å². The van der Waals surface area contributed by atoms with Crippen molar-refractivity contribution >= 4 is 37.8 Å². The number of β-amino-alcohol motifs (C(OH)–C–C–N with tert-alkyl or cyclic N) is 1. The number of amides is 1. The van der Waals surface area contributed by atoms with Gasteiger partial charge < -0.3 is 25.4 Å². The van der Waals surface area contributed by atoms with Crippen LogP contribution >= 0.6 is 0 Å². The predicted molar refractivity (Wildman–Crippen MR) is 175 cm³/mol. The third-order valence-electron chi connectivity index (χ3n) is 6.38. The van der Waals surface area contributed by atoms with Gasteiger partial charge >= 0.3 is 5.97 Å². The summed E-state index contributed by atoms with van der Waals surface area (Å²) in [4.78, 5) is 29.3. The number of hydrogen-bond acceptors (Lipinski definition) is 11. The summed E-state index contributed by atoms with van der Waals surface area (Å²) in [5, 5.41) is 31.7. The second-order valence-corrected chi connectivity index (χ2v) is 13.2. The lowest BCUT2D eigenvalue weighted by Gasteiger charge is -2.34. The van der Waals surface area contributed by atoms with E-state index in [0.29, 0.717) is 38.0 Å². The van der Waals surface area contributed by atoms with Crippen LogP contribution in [-0.2, 0) is 20.2 Å². The van der Waals surface area contributed by atoms with Gasteiger partial charge in [0.2, 0.25) is 0 Å². The molecule has 0 unspecified atom stereocenters. The third kappa shape index (κ3) is 15.8. The molecule has 1 aliphatic rings. The fourth-order valence-corrected chi connectivity index (χ4v) is 4.29. The largest absolute Gasteiger partial charge is 0.507 e. The second kappa shape index (κ2) is 18.3. The van der Waals surface area contributed by atoms with Crippen LogP contribution in [-0.4, -0.2) is 128 Å². The fourth-order valence-electron chi connectivity index (χ4n) is 4.29. The second-order valence-electron chi connectivity index (χ2n) is 10.3. The van der Waals surface area contributed by atoms with E-state index in [1.54, 1.807) is 18.2 Å². The molecule has 47 heavy (non-hydrogen) atoms. The number of nitrogens with zero attached hydrogens (tertiary/aromatic N) is 2. The summed E-state index contributed by atoms with van der Waals surface area (Å²) in [6.45, 7) is 5.55. The highest BCUT2D eigenvalue weighted by molar-refractivity contribution is 7.85. The number of aliphatic hydroxyl groups excluding tert-OH is 1. The molecule has 6 N–H and O–H groups in total. The highest BCUT2D eigenvalue weighted by Gasteiger charge is 2.19. The Bertz CT molecular complexity index is 1650. The van der Waals surface area contributed by atoms with Crippen LogP contribution in [0.4, 0.5) is 5.69 Å². The molecule has 0 bridgehead atoms. The normalized spacial score (nSPS) is 13.7. The Kier molecular flexibility index (Phi) is 15.2. The van der Waals surface area contributed by atoms with Crippen molar-refractivity contribution in [1.29, 1.82) is 0 Å². The van der Waals surface area contributed by atoms with Crippen molar-refractivity contribution in [3.8, 4) is 22.6 Å². The number of ether oxygens (including phenoxy) is 1. The van der Waals surface area contributed by atoms with Crippen molar-refractivity contribution in [1.82, 2.24) is 9.80 Å². The summed E-state index contributed by atoms with van der Waals surface area (Å²) in [6.07, 6.45) is 1.43. The summed E-state index contributed by atoms with van der Waals surface area (Å²) in [6, 6.07) is 18.6. The average molecular weight is 698 g/mol. The Morgan fingerprint density at radius 3 is 1.87 bits per heavy atom. The molecule has 3 aromatic rings. The van der Waals surface area contributed by atoms with E-state index < -0.39 is 32.1 Å². The van der Waals surface area contributed by atoms with Gasteiger partial charge in [0, 0.05) is 39.3 Å². The molecule has 0 aromatic heterocycles. The number of carboxylic acids is 1. The van der Waals surface area contributed by atoms with Crippen LogP contribution in [0.15, 0.2) is 66.7 Å². The van der Waals surface area contributed by atoms with E-state index in [4.69, 9.17) is 18.9 Å². The number of piperazine rings is 1. The van der Waals surface area contributed by atoms with Gasteiger partial charge in [0.05, 0.1) is 35.9 Å². The molecule has 15 nitrogen and oxygen atoms in total. The molecule has 3 aromatic carbocycles. The molecular formula is C30H39N3O12S2. The minimum Gasteiger partial charge on any atom is -0.507 e. The van der Waals surface area contributed by atoms with Gasteiger partial charge in [0.25, 0.3) is 26.1 Å². The molecule has 4 rings (SSSR count). The summed E-state index contributed by atoms with van der Waals surface area (Å²) in [5.74, 6) is -1.62. The zero-order chi connectivity index (χ0) is 35.2. The van der Waals surface area contributed by atoms with Gasteiger partial charge in [0.1, 0.15) is 18.1 Å². The molecule has 1 fully saturated rings. The lowest BCUT2D eigenvalue weighted by atomic mass is 10.0. The van der Waals surface area contributed by atoms with E-state index in [1.165, 1.54) is 18.2 Å². The molecular weight excluding hydrogens is 658 g/mol. The zero-order valence-electron chi connectivity index (χ0n) is 25.8. The van der Waals surface area contributed by atoms with Crippen LogP contribution in [0.2, 0.25) is 0 Å². The first-order valence-corrected chi connectivity index (χ1v) is 17.7. The van der Waals surface area contributed by atoms with E-state index in [2.05, 4.69) is 15.1 Å². The van der Waals surface area contributed by atoms with Crippen molar-refractivity contribution in [3.63, 3.8) is 0 Å². The molecule has 1 aliphatic heterocycles. The standard InChI is InChI=1S/C28H31N3O6.2CH4O3S/c32-16-14-30-10-12-31(13-11-30)15-17-37-22-7-9-26(33)24(19-22)27(34)29-25-18-21(6-8-23(25)28(35)36)20-4-2-1-3-5-20;2*1-5(2,3)4/h1-9,18-19,32-33H,10-17H2,(H,29,34)(H,35,36);2*1H3,(H,2,3,4). The van der Waals surface area contributed by atoms with Gasteiger partial charge in [-0.1, -0.05) is 36.4 Å². The Balaban J connectivity index is 0.000000670. The molecule has 1 heterocycles. The maximum absolute atomic E-state index is 13.1. The molecule has 1 saturated heterocycles. The molecule has 0 spiro atoms. The maximum atomic E-state index is 13.1. The minimum absolute atomic E-state index is 0.0171. The van der Waals surface area contributed by atoms with Crippen molar-refractivity contribution < 1.29 is 55.6 Å². The third-order valence-corrected chi connectivity index (χ3v) is 6.38. The fraction of sp³-hybridized carbons (Fsp3) is 0.333. The number of rotatable bonds is 10. The molecule has 0 aliphatic carbocycles. The molecule has 17 heteroatoms. The Hall–Kier alpha value is -4.10. The molecule has 0 radical (unpaired) electrons. The van der Waals surface area contributed by atoms with Crippen molar-refractivity contribution in [2.45, 2.75) is 0 Å². The van der Waals surface area contributed by atoms with Crippen LogP contribution in [0.3, 0.4) is 0 Å². The average Bonchev–Trinajstić information content (AvgIpc) is 2.97. The van der Waals surface area contributed by atoms with Gasteiger partial charge in [0.15, 0.2) is 0 Å². The topological polar surface area (TPSA) is 231 Å². The van der Waals surface area contributed by atoms with Crippen molar-refractivity contribution in [3.05, 3.63) is 77.9 Å². The summed E-state index contributed by atoms with van der Waals surface area (Å²) in [7, 11) is -7.33. The Morgan fingerprint density at radius 1 is 0.787 bits per heavy atom. The number of aromatic carboxylic acids is 1. The Labute approximate surface area is 273 Å². The summed E-state index contributed by atoms with van der Waals surface area (Å²) < 4.78 is 57.6. The number of carbonyl (C=O) groups is 2. The smallest absolute Gasteiger partial charge is 0.337 e. The predicted octanol–water partition coefficient (Wildman–Crippen LogP) is 2.01. The maximum Gasteiger partial charge on any atom is 0.337 e. The SMILES string of the molecule is CS(=O)(=O)O.CS(=O)(=O)O.O=C(Nc1cc(-c2ccccc2)ccc1C(=O)O)c1cc(OCCN2CCN(CCO)CC2)ccc1O. The number of aliphatic hydroxyl groups is 1. The number of anilines is 1. The lowest BCUT2D eigenvalue weighted by Crippen LogP contribution is -2.48. The molecule has 1 amide bonds. The summed E-state index contributed by atoms with van der Waals surface area (Å²) in [5.41, 5.74) is 1.68. The highest BCUT2D eigenvalue weighted by atomic mass is 32.2. The number of aromatic hydroxyl groups is 1. The molecule has 258 valence electrons. The van der Waals surface area contributed by atoms with Gasteiger partial charge in [-0.25, -0.2) is 4.79 Å². The van der Waals surface area contributed by atoms with E-state index in [0.717, 1.165) is 37.3 Å². The van der Waals surface area contributed by atoms with E-state index in [1.807, 2.05) is 30.3 Å².